The number of hydrogen-bond donors (Lipinski definition) is 1. The number of rotatable bonds is 4. The second-order valence-electron chi connectivity index (χ2n) is 7.56. The molecule has 1 amide bonds. The molecule has 5 heterocycles. The fraction of sp³-hybridized carbons (Fsp3) is 0.333. The number of nitrogens with one attached hydrogen (secondary N) is 1. The monoisotopic (exact) mass is 389 g/mol. The molecule has 1 fully saturated rings. The van der Waals surface area contributed by atoms with Crippen molar-refractivity contribution in [3.8, 4) is 0 Å². The average molecular weight is 389 g/mol. The minimum absolute atomic E-state index is 0.177. The first kappa shape index (κ1) is 17.8. The largest absolute Gasteiger partial charge is 0.321 e. The zero-order chi connectivity index (χ0) is 20.0. The fourth-order valence-corrected chi connectivity index (χ4v) is 4.06. The molecule has 1 saturated heterocycles. The van der Waals surface area contributed by atoms with Gasteiger partial charge in [-0.1, -0.05) is 6.92 Å². The summed E-state index contributed by atoms with van der Waals surface area (Å²) >= 11 is 0. The van der Waals surface area contributed by atoms with Crippen molar-refractivity contribution in [2.75, 3.05) is 18.9 Å². The zero-order valence-electron chi connectivity index (χ0n) is 16.5. The Bertz CT molecular complexity index is 1210. The Morgan fingerprint density at radius 2 is 2.10 bits per heavy atom. The van der Waals surface area contributed by atoms with Gasteiger partial charge >= 0.3 is 0 Å². The maximum absolute atomic E-state index is 12.7. The molecule has 0 radical (unpaired) electrons. The molecule has 0 bridgehead atoms. The number of nitrogens with zero attached hydrogens (tertiary/aromatic N) is 6. The third-order valence-electron chi connectivity index (χ3n) is 5.65. The van der Waals surface area contributed by atoms with Crippen LogP contribution in [0.1, 0.15) is 47.7 Å². The third-order valence-corrected chi connectivity index (χ3v) is 5.65. The Hall–Kier alpha value is -3.26. The fourth-order valence-electron chi connectivity index (χ4n) is 4.06. The van der Waals surface area contributed by atoms with E-state index in [9.17, 15) is 4.79 Å². The molecule has 8 heteroatoms. The summed E-state index contributed by atoms with van der Waals surface area (Å²) in [5.74, 6) is 0.699. The molecular formula is C21H23N7O. The molecule has 29 heavy (non-hydrogen) atoms. The highest BCUT2D eigenvalue weighted by molar-refractivity contribution is 6.04. The van der Waals surface area contributed by atoms with Gasteiger partial charge in [0.25, 0.3) is 5.91 Å². The van der Waals surface area contributed by atoms with Crippen LogP contribution in [0.5, 0.6) is 0 Å². The third kappa shape index (κ3) is 3.15. The second-order valence-corrected chi connectivity index (χ2v) is 7.56. The molecule has 1 unspecified atom stereocenters. The Balaban J connectivity index is 1.38. The normalized spacial score (nSPS) is 17.4. The first-order chi connectivity index (χ1) is 14.1. The maximum atomic E-state index is 12.7. The predicted octanol–water partition coefficient (Wildman–Crippen LogP) is 2.96. The van der Waals surface area contributed by atoms with Crippen LogP contribution in [-0.4, -0.2) is 48.4 Å². The summed E-state index contributed by atoms with van der Waals surface area (Å²) in [5, 5.41) is 11.3. The molecule has 1 aliphatic heterocycles. The van der Waals surface area contributed by atoms with E-state index in [4.69, 9.17) is 4.98 Å². The second kappa shape index (κ2) is 6.97. The van der Waals surface area contributed by atoms with Crippen molar-refractivity contribution in [1.82, 2.24) is 28.9 Å². The molecule has 5 rings (SSSR count). The molecule has 1 N–H and O–H groups in total. The smallest absolute Gasteiger partial charge is 0.255 e. The van der Waals surface area contributed by atoms with Crippen LogP contribution in [0, 0.1) is 0 Å². The molecule has 4 aromatic rings. The SMILES string of the molecule is CCc1nnc2cc(C(=O)Nc3ccc4nc(C5CCCN5C)cn4c3)ccn12. The lowest BCUT2D eigenvalue weighted by atomic mass is 10.2. The van der Waals surface area contributed by atoms with E-state index in [1.165, 1.54) is 6.42 Å². The summed E-state index contributed by atoms with van der Waals surface area (Å²) in [6, 6.07) is 7.73. The topological polar surface area (TPSA) is 79.8 Å². The number of imidazole rings is 1. The van der Waals surface area contributed by atoms with Crippen molar-refractivity contribution in [2.24, 2.45) is 0 Å². The minimum atomic E-state index is -0.177. The van der Waals surface area contributed by atoms with Gasteiger partial charge in [-0.15, -0.1) is 10.2 Å². The van der Waals surface area contributed by atoms with Gasteiger partial charge in [0.15, 0.2) is 5.65 Å². The van der Waals surface area contributed by atoms with Gasteiger partial charge in [0.05, 0.1) is 17.4 Å². The van der Waals surface area contributed by atoms with Crippen molar-refractivity contribution in [1.29, 1.82) is 0 Å². The van der Waals surface area contributed by atoms with Gasteiger partial charge in [-0.25, -0.2) is 4.98 Å². The summed E-state index contributed by atoms with van der Waals surface area (Å²) in [5.41, 5.74) is 3.91. The number of fused-ring (bicyclic) bond motifs is 2. The van der Waals surface area contributed by atoms with Crippen LogP contribution in [0.25, 0.3) is 11.3 Å². The van der Waals surface area contributed by atoms with E-state index in [1.807, 2.05) is 40.3 Å². The summed E-state index contributed by atoms with van der Waals surface area (Å²) in [6.07, 6.45) is 8.93. The van der Waals surface area contributed by atoms with Gasteiger partial charge in [0, 0.05) is 30.6 Å². The van der Waals surface area contributed by atoms with Gasteiger partial charge < -0.3 is 9.72 Å². The Labute approximate surface area is 168 Å². The van der Waals surface area contributed by atoms with Crippen molar-refractivity contribution in [3.63, 3.8) is 0 Å². The van der Waals surface area contributed by atoms with E-state index < -0.39 is 0 Å². The molecule has 4 aromatic heterocycles. The number of pyridine rings is 2. The molecule has 0 spiro atoms. The molecular weight excluding hydrogens is 366 g/mol. The van der Waals surface area contributed by atoms with Gasteiger partial charge in [-0.3, -0.25) is 14.1 Å². The molecule has 1 aliphatic rings. The van der Waals surface area contributed by atoms with Crippen LogP contribution in [0.2, 0.25) is 0 Å². The van der Waals surface area contributed by atoms with Gasteiger partial charge in [-0.05, 0) is 50.7 Å². The van der Waals surface area contributed by atoms with Crippen LogP contribution < -0.4 is 5.32 Å². The van der Waals surface area contributed by atoms with E-state index in [2.05, 4.69) is 33.7 Å². The summed E-state index contributed by atoms with van der Waals surface area (Å²) in [7, 11) is 2.14. The number of likely N-dealkylation sites (tertiary alicyclic amines) is 1. The molecule has 1 atom stereocenters. The van der Waals surface area contributed by atoms with Crippen LogP contribution in [0.15, 0.2) is 42.9 Å². The van der Waals surface area contributed by atoms with Crippen LogP contribution in [0.4, 0.5) is 5.69 Å². The Morgan fingerprint density at radius 1 is 1.21 bits per heavy atom. The first-order valence-electron chi connectivity index (χ1n) is 9.96. The van der Waals surface area contributed by atoms with Crippen molar-refractivity contribution < 1.29 is 4.79 Å². The number of aryl methyl sites for hydroxylation is 1. The van der Waals surface area contributed by atoms with E-state index >= 15 is 0 Å². The van der Waals surface area contributed by atoms with Gasteiger partial charge in [-0.2, -0.15) is 0 Å². The Kier molecular flexibility index (Phi) is 4.28. The van der Waals surface area contributed by atoms with Gasteiger partial charge in [0.1, 0.15) is 11.5 Å². The number of carbonyl (C=O) groups is 1. The summed E-state index contributed by atoms with van der Waals surface area (Å²) < 4.78 is 3.88. The van der Waals surface area contributed by atoms with E-state index in [0.717, 1.165) is 42.2 Å². The highest BCUT2D eigenvalue weighted by Gasteiger charge is 2.24. The van der Waals surface area contributed by atoms with Crippen molar-refractivity contribution >= 4 is 22.9 Å². The van der Waals surface area contributed by atoms with E-state index in [0.29, 0.717) is 17.3 Å². The highest BCUT2D eigenvalue weighted by atomic mass is 16.1. The van der Waals surface area contributed by atoms with Crippen LogP contribution in [0.3, 0.4) is 0 Å². The molecule has 0 saturated carbocycles. The Morgan fingerprint density at radius 3 is 2.90 bits per heavy atom. The molecule has 0 aliphatic carbocycles. The molecule has 0 aromatic carbocycles. The standard InChI is InChI=1S/C21H23N7O/c1-3-18-24-25-20-11-14(8-10-28(18)20)21(29)22-15-6-7-19-23-16(13-27(19)12-15)17-5-4-9-26(17)2/h6-8,10-13,17H,3-5,9H2,1-2H3,(H,22,29). The molecule has 8 nitrogen and oxygen atoms in total. The summed E-state index contributed by atoms with van der Waals surface area (Å²) in [4.78, 5) is 19.8. The number of aromatic nitrogens is 5. The van der Waals surface area contributed by atoms with Crippen LogP contribution in [-0.2, 0) is 6.42 Å². The van der Waals surface area contributed by atoms with E-state index in [1.54, 1.807) is 12.1 Å². The first-order valence-corrected chi connectivity index (χ1v) is 9.96. The average Bonchev–Trinajstić information content (AvgIpc) is 3.44. The minimum Gasteiger partial charge on any atom is -0.321 e. The summed E-state index contributed by atoms with van der Waals surface area (Å²) in [6.45, 7) is 3.13. The molecule has 148 valence electrons. The quantitative estimate of drug-likeness (QED) is 0.580. The number of hydrogen-bond acceptors (Lipinski definition) is 5. The zero-order valence-corrected chi connectivity index (χ0v) is 16.5. The van der Waals surface area contributed by atoms with Gasteiger partial charge in [0.2, 0.25) is 0 Å². The predicted molar refractivity (Wildman–Crippen MR) is 110 cm³/mol. The number of carbonyl (C=O) groups excluding carboxylic acids is 1. The van der Waals surface area contributed by atoms with Crippen molar-refractivity contribution in [3.05, 3.63) is 59.9 Å². The van der Waals surface area contributed by atoms with E-state index in [-0.39, 0.29) is 5.91 Å². The highest BCUT2D eigenvalue weighted by Crippen LogP contribution is 2.30. The number of anilines is 1. The lowest BCUT2D eigenvalue weighted by Gasteiger charge is -2.16. The maximum Gasteiger partial charge on any atom is 0.255 e. The lowest BCUT2D eigenvalue weighted by Crippen LogP contribution is -2.17. The number of amides is 1. The van der Waals surface area contributed by atoms with Crippen molar-refractivity contribution in [2.45, 2.75) is 32.2 Å². The van der Waals surface area contributed by atoms with Crippen LogP contribution >= 0.6 is 0 Å². The lowest BCUT2D eigenvalue weighted by molar-refractivity contribution is 0.102.